The van der Waals surface area contributed by atoms with Gasteiger partial charge in [0.25, 0.3) is 0 Å². The molecule has 0 bridgehead atoms. The summed E-state index contributed by atoms with van der Waals surface area (Å²) in [5.41, 5.74) is 7.33. The van der Waals surface area contributed by atoms with Crippen LogP contribution in [0.25, 0.3) is 10.8 Å². The second kappa shape index (κ2) is 10.7. The number of nitrogens with zero attached hydrogens (tertiary/aromatic N) is 1. The number of halogens is 1. The smallest absolute Gasteiger partial charge is 0.107 e. The fourth-order valence-electron chi connectivity index (χ4n) is 2.29. The van der Waals surface area contributed by atoms with Gasteiger partial charge >= 0.3 is 0 Å². The fraction of sp³-hybridized carbons (Fsp3) is 0.350. The minimum absolute atomic E-state index is 0.634. The number of hydrogen-bond acceptors (Lipinski definition) is 3. The number of rotatable bonds is 6. The van der Waals surface area contributed by atoms with E-state index >= 15 is 0 Å². The summed E-state index contributed by atoms with van der Waals surface area (Å²) in [5, 5.41) is 12.2. The molecule has 0 aliphatic rings. The minimum Gasteiger partial charge on any atom is -0.387 e. The van der Waals surface area contributed by atoms with E-state index in [4.69, 9.17) is 5.73 Å². The molecule has 2 aromatic rings. The van der Waals surface area contributed by atoms with Gasteiger partial charge in [0.2, 0.25) is 0 Å². The van der Waals surface area contributed by atoms with Gasteiger partial charge in [-0.05, 0) is 35.9 Å². The zero-order valence-corrected chi connectivity index (χ0v) is 14.6. The van der Waals surface area contributed by atoms with E-state index in [0.29, 0.717) is 5.57 Å². The van der Waals surface area contributed by atoms with Crippen LogP contribution in [0.1, 0.15) is 26.3 Å². The quantitative estimate of drug-likeness (QED) is 0.788. The van der Waals surface area contributed by atoms with Crippen molar-refractivity contribution >= 4 is 10.8 Å². The number of aromatic nitrogens is 1. The maximum Gasteiger partial charge on any atom is 0.107 e. The Labute approximate surface area is 143 Å². The monoisotopic (exact) mass is 330 g/mol. The Kier molecular flexibility index (Phi) is 8.90. The highest BCUT2D eigenvalue weighted by Crippen LogP contribution is 2.16. The number of aliphatic hydroxyl groups is 1. The Balaban J connectivity index is 0.00000139. The molecule has 1 aromatic heterocycles. The molecule has 0 saturated heterocycles. The molecule has 0 radical (unpaired) electrons. The zero-order chi connectivity index (χ0) is 17.9. The SMILES string of the molecule is C/C=C(\C=C/Cc1ccc2cnccc2c1)C(O)C(N)CF.CC. The normalized spacial score (nSPS) is 14.3. The van der Waals surface area contributed by atoms with Crippen molar-refractivity contribution in [2.75, 3.05) is 6.67 Å². The van der Waals surface area contributed by atoms with Crippen LogP contribution in [0, 0.1) is 0 Å². The minimum atomic E-state index is -0.978. The lowest BCUT2D eigenvalue weighted by Crippen LogP contribution is -2.37. The second-order valence-corrected chi connectivity index (χ2v) is 5.22. The molecule has 0 aliphatic carbocycles. The summed E-state index contributed by atoms with van der Waals surface area (Å²) >= 11 is 0. The van der Waals surface area contributed by atoms with Crippen LogP contribution in [-0.4, -0.2) is 28.9 Å². The number of nitrogens with two attached hydrogens (primary N) is 1. The molecule has 2 rings (SSSR count). The van der Waals surface area contributed by atoms with Gasteiger partial charge < -0.3 is 10.8 Å². The van der Waals surface area contributed by atoms with Gasteiger partial charge in [-0.2, -0.15) is 0 Å². The highest BCUT2D eigenvalue weighted by molar-refractivity contribution is 5.82. The predicted molar refractivity (Wildman–Crippen MR) is 99.6 cm³/mol. The van der Waals surface area contributed by atoms with Crippen LogP contribution in [-0.2, 0) is 6.42 Å². The van der Waals surface area contributed by atoms with Gasteiger partial charge in [-0.15, -0.1) is 0 Å². The van der Waals surface area contributed by atoms with Crippen LogP contribution in [0.2, 0.25) is 0 Å². The first-order chi connectivity index (χ1) is 11.7. The number of benzene rings is 1. The van der Waals surface area contributed by atoms with E-state index in [-0.39, 0.29) is 0 Å². The molecule has 130 valence electrons. The predicted octanol–water partition coefficient (Wildman–Crippen LogP) is 3.96. The lowest BCUT2D eigenvalue weighted by Gasteiger charge is -2.16. The van der Waals surface area contributed by atoms with Gasteiger partial charge in [-0.25, -0.2) is 4.39 Å². The third-order valence-electron chi connectivity index (χ3n) is 3.63. The Bertz CT molecular complexity index is 682. The second-order valence-electron chi connectivity index (χ2n) is 5.22. The Morgan fingerprint density at radius 1 is 1.29 bits per heavy atom. The first-order valence-corrected chi connectivity index (χ1v) is 8.30. The first kappa shape index (κ1) is 20.0. The molecule has 3 N–H and O–H groups in total. The summed E-state index contributed by atoms with van der Waals surface area (Å²) in [4.78, 5) is 4.09. The molecule has 2 atom stereocenters. The zero-order valence-electron chi connectivity index (χ0n) is 14.6. The molecule has 24 heavy (non-hydrogen) atoms. The van der Waals surface area contributed by atoms with Crippen molar-refractivity contribution in [3.8, 4) is 0 Å². The van der Waals surface area contributed by atoms with Crippen molar-refractivity contribution in [2.24, 2.45) is 5.73 Å². The highest BCUT2D eigenvalue weighted by Gasteiger charge is 2.16. The van der Waals surface area contributed by atoms with E-state index in [1.807, 2.05) is 44.3 Å². The lowest BCUT2D eigenvalue weighted by atomic mass is 10.0. The van der Waals surface area contributed by atoms with Crippen LogP contribution in [0.5, 0.6) is 0 Å². The molecule has 0 saturated carbocycles. The molecular weight excluding hydrogens is 303 g/mol. The third kappa shape index (κ3) is 5.55. The molecule has 0 aliphatic heterocycles. The number of allylic oxidation sites excluding steroid dienone is 2. The average Bonchev–Trinajstić information content (AvgIpc) is 2.65. The van der Waals surface area contributed by atoms with Crippen molar-refractivity contribution in [3.63, 3.8) is 0 Å². The maximum atomic E-state index is 12.5. The van der Waals surface area contributed by atoms with Crippen LogP contribution < -0.4 is 5.73 Å². The highest BCUT2D eigenvalue weighted by atomic mass is 19.1. The summed E-state index contributed by atoms with van der Waals surface area (Å²) in [7, 11) is 0. The molecule has 0 spiro atoms. The first-order valence-electron chi connectivity index (χ1n) is 8.30. The standard InChI is InChI=1S/C18H21FN2O.C2H6/c1-2-14(18(22)17(20)11-19)5-3-4-13-6-7-16-12-21-9-8-15(16)10-13;1-2/h2-3,5-10,12,17-18,22H,4,11,20H2,1H3;1-2H3/b5-3-,14-2+;. The summed E-state index contributed by atoms with van der Waals surface area (Å²) in [6.45, 7) is 5.06. The molecule has 4 heteroatoms. The Morgan fingerprint density at radius 3 is 2.71 bits per heavy atom. The summed E-state index contributed by atoms with van der Waals surface area (Å²) in [6.07, 6.45) is 8.86. The molecule has 0 amide bonds. The van der Waals surface area contributed by atoms with Gasteiger partial charge in [-0.3, -0.25) is 4.98 Å². The average molecular weight is 330 g/mol. The van der Waals surface area contributed by atoms with E-state index in [9.17, 15) is 9.50 Å². The molecule has 0 fully saturated rings. The summed E-state index contributed by atoms with van der Waals surface area (Å²) < 4.78 is 12.5. The third-order valence-corrected chi connectivity index (χ3v) is 3.63. The van der Waals surface area contributed by atoms with Crippen LogP contribution in [0.15, 0.2) is 60.5 Å². The molecule has 1 aromatic carbocycles. The number of pyridine rings is 1. The van der Waals surface area contributed by atoms with E-state index in [0.717, 1.165) is 22.8 Å². The lowest BCUT2D eigenvalue weighted by molar-refractivity contribution is 0.166. The van der Waals surface area contributed by atoms with Crippen molar-refractivity contribution in [2.45, 2.75) is 39.3 Å². The summed E-state index contributed by atoms with van der Waals surface area (Å²) in [5.74, 6) is 0. The van der Waals surface area contributed by atoms with Gasteiger partial charge in [0.1, 0.15) is 6.67 Å². The molecule has 2 unspecified atom stereocenters. The summed E-state index contributed by atoms with van der Waals surface area (Å²) in [6, 6.07) is 7.29. The molecule has 1 heterocycles. The molecule has 3 nitrogen and oxygen atoms in total. The van der Waals surface area contributed by atoms with E-state index in [1.54, 1.807) is 25.3 Å². The van der Waals surface area contributed by atoms with Gasteiger partial charge in [0.05, 0.1) is 12.1 Å². The van der Waals surface area contributed by atoms with Crippen molar-refractivity contribution < 1.29 is 9.50 Å². The number of hydrogen-bond donors (Lipinski definition) is 2. The number of alkyl halides is 1. The molecular formula is C20H27FN2O. The van der Waals surface area contributed by atoms with Crippen LogP contribution >= 0.6 is 0 Å². The number of aliphatic hydroxyl groups excluding tert-OH is 1. The maximum absolute atomic E-state index is 12.5. The van der Waals surface area contributed by atoms with Gasteiger partial charge in [-0.1, -0.05) is 50.3 Å². The van der Waals surface area contributed by atoms with Crippen molar-refractivity contribution in [1.82, 2.24) is 4.98 Å². The van der Waals surface area contributed by atoms with Crippen molar-refractivity contribution in [1.29, 1.82) is 0 Å². The van der Waals surface area contributed by atoms with Gasteiger partial charge in [0.15, 0.2) is 0 Å². The topological polar surface area (TPSA) is 59.1 Å². The van der Waals surface area contributed by atoms with Crippen LogP contribution in [0.3, 0.4) is 0 Å². The van der Waals surface area contributed by atoms with Gasteiger partial charge in [0, 0.05) is 17.8 Å². The van der Waals surface area contributed by atoms with Crippen LogP contribution in [0.4, 0.5) is 4.39 Å². The Hall–Kier alpha value is -2.04. The Morgan fingerprint density at radius 2 is 2.04 bits per heavy atom. The van der Waals surface area contributed by atoms with Crippen molar-refractivity contribution in [3.05, 3.63) is 66.0 Å². The van der Waals surface area contributed by atoms with E-state index in [1.165, 1.54) is 0 Å². The van der Waals surface area contributed by atoms with E-state index in [2.05, 4.69) is 11.1 Å². The number of fused-ring (bicyclic) bond motifs is 1. The van der Waals surface area contributed by atoms with E-state index < -0.39 is 18.8 Å². The fourth-order valence-corrected chi connectivity index (χ4v) is 2.29. The largest absolute Gasteiger partial charge is 0.387 e.